The van der Waals surface area contributed by atoms with Gasteiger partial charge in [-0.1, -0.05) is 35.3 Å². The fourth-order valence-corrected chi connectivity index (χ4v) is 3.22. The third-order valence-corrected chi connectivity index (χ3v) is 4.84. The highest BCUT2D eigenvalue weighted by atomic mass is 35.5. The zero-order valence-electron chi connectivity index (χ0n) is 13.7. The Morgan fingerprint density at radius 2 is 1.81 bits per heavy atom. The number of anilines is 2. The van der Waals surface area contributed by atoms with Crippen LogP contribution in [-0.4, -0.2) is 18.4 Å². The van der Waals surface area contributed by atoms with E-state index in [-0.39, 0.29) is 29.6 Å². The summed E-state index contributed by atoms with van der Waals surface area (Å²) in [7, 11) is 0. The third-order valence-electron chi connectivity index (χ3n) is 4.19. The van der Waals surface area contributed by atoms with Crippen LogP contribution in [0.25, 0.3) is 0 Å². The smallest absolute Gasteiger partial charge is 0.324 e. The first-order valence-electron chi connectivity index (χ1n) is 7.89. The van der Waals surface area contributed by atoms with Crippen molar-refractivity contribution in [2.45, 2.75) is 12.6 Å². The van der Waals surface area contributed by atoms with E-state index in [1.54, 1.807) is 24.3 Å². The molecule has 1 heterocycles. The number of amides is 2. The Morgan fingerprint density at radius 3 is 2.48 bits per heavy atom. The maximum Gasteiger partial charge on any atom is 0.416 e. The summed E-state index contributed by atoms with van der Waals surface area (Å²) >= 11 is 12.0. The maximum absolute atomic E-state index is 12.8. The minimum atomic E-state index is -4.56. The molecule has 0 radical (unpaired) electrons. The van der Waals surface area contributed by atoms with Crippen LogP contribution in [0.2, 0.25) is 10.0 Å². The highest BCUT2D eigenvalue weighted by molar-refractivity contribution is 6.34. The van der Waals surface area contributed by atoms with Gasteiger partial charge in [0, 0.05) is 13.0 Å². The molecule has 0 spiro atoms. The molecule has 2 amide bonds. The van der Waals surface area contributed by atoms with Crippen LogP contribution in [0, 0.1) is 5.92 Å². The van der Waals surface area contributed by atoms with Crippen molar-refractivity contribution in [3.05, 3.63) is 58.1 Å². The molecule has 27 heavy (non-hydrogen) atoms. The molecule has 1 aliphatic rings. The summed E-state index contributed by atoms with van der Waals surface area (Å²) in [4.78, 5) is 26.1. The standard InChI is InChI=1S/C18H13Cl2F3N2O2/c19-12-6-5-11(18(21,22)23)8-14(12)24-17(27)10-7-16(26)25(9-10)15-4-2-1-3-13(15)20/h1-6,8,10H,7,9H2,(H,24,27)/t10-/m1/s1. The van der Waals surface area contributed by atoms with E-state index < -0.39 is 23.6 Å². The number of para-hydroxylation sites is 1. The summed E-state index contributed by atoms with van der Waals surface area (Å²) in [5.41, 5.74) is -0.598. The molecule has 0 bridgehead atoms. The summed E-state index contributed by atoms with van der Waals surface area (Å²) in [6.45, 7) is 0.0744. The quantitative estimate of drug-likeness (QED) is 0.764. The molecular weight excluding hydrogens is 404 g/mol. The molecule has 2 aromatic rings. The molecule has 142 valence electrons. The van der Waals surface area contributed by atoms with Crippen molar-refractivity contribution >= 4 is 46.4 Å². The van der Waals surface area contributed by atoms with Crippen molar-refractivity contribution in [2.75, 3.05) is 16.8 Å². The lowest BCUT2D eigenvalue weighted by Crippen LogP contribution is -2.28. The number of hydrogen-bond donors (Lipinski definition) is 1. The van der Waals surface area contributed by atoms with E-state index in [0.29, 0.717) is 10.7 Å². The number of hydrogen-bond acceptors (Lipinski definition) is 2. The maximum atomic E-state index is 12.8. The Balaban J connectivity index is 1.76. The Bertz CT molecular complexity index is 902. The fraction of sp³-hybridized carbons (Fsp3) is 0.222. The van der Waals surface area contributed by atoms with Gasteiger partial charge in [0.05, 0.1) is 32.9 Å². The van der Waals surface area contributed by atoms with Gasteiger partial charge < -0.3 is 10.2 Å². The van der Waals surface area contributed by atoms with Gasteiger partial charge >= 0.3 is 6.18 Å². The molecule has 4 nitrogen and oxygen atoms in total. The lowest BCUT2D eigenvalue weighted by atomic mass is 10.1. The van der Waals surface area contributed by atoms with E-state index in [2.05, 4.69) is 5.32 Å². The molecule has 0 unspecified atom stereocenters. The molecule has 0 saturated carbocycles. The predicted molar refractivity (Wildman–Crippen MR) is 97.0 cm³/mol. The van der Waals surface area contributed by atoms with Crippen molar-refractivity contribution in [1.82, 2.24) is 0 Å². The lowest BCUT2D eigenvalue weighted by molar-refractivity contribution is -0.137. The second kappa shape index (κ2) is 7.40. The van der Waals surface area contributed by atoms with Crippen molar-refractivity contribution in [1.29, 1.82) is 0 Å². The SMILES string of the molecule is O=C(Nc1cc(C(F)(F)F)ccc1Cl)[C@@H]1CC(=O)N(c2ccccc2Cl)C1. The van der Waals surface area contributed by atoms with Crippen molar-refractivity contribution in [3.63, 3.8) is 0 Å². The van der Waals surface area contributed by atoms with E-state index in [0.717, 1.165) is 18.2 Å². The summed E-state index contributed by atoms with van der Waals surface area (Å²) < 4.78 is 38.5. The topological polar surface area (TPSA) is 49.4 Å². The normalized spacial score (nSPS) is 17.3. The number of nitrogens with zero attached hydrogens (tertiary/aromatic N) is 1. The van der Waals surface area contributed by atoms with Gasteiger partial charge in [-0.05, 0) is 30.3 Å². The summed E-state index contributed by atoms with van der Waals surface area (Å²) in [5.74, 6) is -1.61. The molecule has 9 heteroatoms. The van der Waals surface area contributed by atoms with Crippen LogP contribution in [0.4, 0.5) is 24.5 Å². The highest BCUT2D eigenvalue weighted by Gasteiger charge is 2.36. The van der Waals surface area contributed by atoms with E-state index in [1.165, 1.54) is 4.90 Å². The minimum Gasteiger partial charge on any atom is -0.324 e. The number of carbonyl (C=O) groups excluding carboxylic acids is 2. The number of rotatable bonds is 3. The van der Waals surface area contributed by atoms with Gasteiger partial charge in [-0.15, -0.1) is 0 Å². The van der Waals surface area contributed by atoms with E-state index in [4.69, 9.17) is 23.2 Å². The van der Waals surface area contributed by atoms with Gasteiger partial charge in [-0.3, -0.25) is 9.59 Å². The Morgan fingerprint density at radius 1 is 1.11 bits per heavy atom. The third kappa shape index (κ3) is 4.20. The first-order chi connectivity index (χ1) is 12.7. The monoisotopic (exact) mass is 416 g/mol. The van der Waals surface area contributed by atoms with Crippen LogP contribution in [0.1, 0.15) is 12.0 Å². The van der Waals surface area contributed by atoms with Gasteiger partial charge in [-0.2, -0.15) is 13.2 Å². The zero-order chi connectivity index (χ0) is 19.8. The second-order valence-electron chi connectivity index (χ2n) is 6.04. The van der Waals surface area contributed by atoms with E-state index in [9.17, 15) is 22.8 Å². The molecule has 1 N–H and O–H groups in total. The first kappa shape index (κ1) is 19.5. The Kier molecular flexibility index (Phi) is 5.35. The van der Waals surface area contributed by atoms with Crippen molar-refractivity contribution in [2.24, 2.45) is 5.92 Å². The van der Waals surface area contributed by atoms with Gasteiger partial charge in [0.15, 0.2) is 0 Å². The average Bonchev–Trinajstić information content (AvgIpc) is 2.98. The number of carbonyl (C=O) groups is 2. The molecular formula is C18H13Cl2F3N2O2. The van der Waals surface area contributed by atoms with Gasteiger partial charge in [0.1, 0.15) is 0 Å². The van der Waals surface area contributed by atoms with Crippen molar-refractivity contribution in [3.8, 4) is 0 Å². The van der Waals surface area contributed by atoms with Crippen LogP contribution in [0.3, 0.4) is 0 Å². The summed E-state index contributed by atoms with van der Waals surface area (Å²) in [6.07, 6.45) is -4.64. The molecule has 3 rings (SSSR count). The van der Waals surface area contributed by atoms with Gasteiger partial charge in [0.25, 0.3) is 0 Å². The molecule has 1 saturated heterocycles. The number of benzene rings is 2. The molecule has 0 aliphatic carbocycles. The number of nitrogens with one attached hydrogen (secondary N) is 1. The summed E-state index contributed by atoms with van der Waals surface area (Å²) in [5, 5.41) is 2.73. The van der Waals surface area contributed by atoms with Crippen LogP contribution in [0.5, 0.6) is 0 Å². The van der Waals surface area contributed by atoms with Crippen LogP contribution < -0.4 is 10.2 Å². The average molecular weight is 417 g/mol. The minimum absolute atomic E-state index is 0.0244. The molecule has 1 aliphatic heterocycles. The van der Waals surface area contributed by atoms with Gasteiger partial charge in [0.2, 0.25) is 11.8 Å². The van der Waals surface area contributed by atoms with Crippen LogP contribution in [-0.2, 0) is 15.8 Å². The fourth-order valence-electron chi connectivity index (χ4n) is 2.82. The van der Waals surface area contributed by atoms with Crippen LogP contribution >= 0.6 is 23.2 Å². The van der Waals surface area contributed by atoms with E-state index >= 15 is 0 Å². The molecule has 1 atom stereocenters. The van der Waals surface area contributed by atoms with E-state index in [1.807, 2.05) is 0 Å². The highest BCUT2D eigenvalue weighted by Crippen LogP contribution is 2.35. The molecule has 1 fully saturated rings. The first-order valence-corrected chi connectivity index (χ1v) is 8.65. The zero-order valence-corrected chi connectivity index (χ0v) is 15.2. The Labute approximate surface area is 162 Å². The largest absolute Gasteiger partial charge is 0.416 e. The van der Waals surface area contributed by atoms with Crippen LogP contribution in [0.15, 0.2) is 42.5 Å². The number of alkyl halides is 3. The number of halogens is 5. The predicted octanol–water partition coefficient (Wildman–Crippen LogP) is 5.00. The second-order valence-corrected chi connectivity index (χ2v) is 6.85. The molecule has 0 aromatic heterocycles. The lowest BCUT2D eigenvalue weighted by Gasteiger charge is -2.18. The van der Waals surface area contributed by atoms with Gasteiger partial charge in [-0.25, -0.2) is 0 Å². The summed E-state index contributed by atoms with van der Waals surface area (Å²) in [6, 6.07) is 9.37. The molecule has 2 aromatic carbocycles. The Hall–Kier alpha value is -2.25. The van der Waals surface area contributed by atoms with Crippen molar-refractivity contribution < 1.29 is 22.8 Å².